The van der Waals surface area contributed by atoms with Gasteiger partial charge >= 0.3 is 0 Å². The SMILES string of the molecule is COc1cc(OC)c2c(c1)O[C@@]1(c3ccc(OCCCCCCCCn4cccc4)cc3)[C@H](c3ccccc3)C[C@@H](O)[C@@]21O. The number of rotatable bonds is 14. The lowest BCUT2D eigenvalue weighted by molar-refractivity contribution is -0.150. The van der Waals surface area contributed by atoms with E-state index < -0.39 is 17.3 Å². The molecule has 0 spiro atoms. The van der Waals surface area contributed by atoms with Crippen LogP contribution in [0.15, 0.2) is 91.3 Å². The van der Waals surface area contributed by atoms with Gasteiger partial charge in [-0.05, 0) is 54.7 Å². The van der Waals surface area contributed by atoms with Crippen LogP contribution in [0.1, 0.15) is 67.6 Å². The number of methoxy groups -OCH3 is 2. The first kappa shape index (κ1) is 30.1. The summed E-state index contributed by atoms with van der Waals surface area (Å²) in [7, 11) is 3.13. The summed E-state index contributed by atoms with van der Waals surface area (Å²) in [6.07, 6.45) is 10.5. The van der Waals surface area contributed by atoms with E-state index >= 15 is 0 Å². The maximum absolute atomic E-state index is 12.6. The number of ether oxygens (including phenoxy) is 4. The van der Waals surface area contributed by atoms with E-state index in [0.717, 1.165) is 36.3 Å². The van der Waals surface area contributed by atoms with E-state index in [-0.39, 0.29) is 5.92 Å². The van der Waals surface area contributed by atoms with Crippen LogP contribution in [0.3, 0.4) is 0 Å². The van der Waals surface area contributed by atoms with Gasteiger partial charge in [0.15, 0.2) is 11.2 Å². The van der Waals surface area contributed by atoms with Crippen molar-refractivity contribution in [2.45, 2.75) is 74.7 Å². The molecule has 4 aromatic rings. The Morgan fingerprint density at radius 2 is 1.52 bits per heavy atom. The first-order valence-electron chi connectivity index (χ1n) is 15.8. The summed E-state index contributed by atoms with van der Waals surface area (Å²) in [6, 6.07) is 25.3. The molecule has 0 saturated heterocycles. The molecule has 7 nitrogen and oxygen atoms in total. The van der Waals surface area contributed by atoms with E-state index in [1.807, 2.05) is 54.6 Å². The Kier molecular flexibility index (Phi) is 8.87. The van der Waals surface area contributed by atoms with Crippen LogP contribution in [0.25, 0.3) is 0 Å². The number of hydrogen-bond donors (Lipinski definition) is 2. The smallest absolute Gasteiger partial charge is 0.176 e. The van der Waals surface area contributed by atoms with Crippen LogP contribution in [0.2, 0.25) is 0 Å². The number of aryl methyl sites for hydroxylation is 1. The molecule has 6 rings (SSSR count). The van der Waals surface area contributed by atoms with Gasteiger partial charge in [0.2, 0.25) is 0 Å². The fourth-order valence-corrected chi connectivity index (χ4v) is 7.20. The van der Waals surface area contributed by atoms with Crippen molar-refractivity contribution in [3.8, 4) is 23.0 Å². The second-order valence-corrected chi connectivity index (χ2v) is 11.9. The number of nitrogens with zero attached hydrogens (tertiary/aromatic N) is 1. The summed E-state index contributed by atoms with van der Waals surface area (Å²) in [5, 5.41) is 24.2. The lowest BCUT2D eigenvalue weighted by Crippen LogP contribution is -2.52. The Morgan fingerprint density at radius 1 is 0.818 bits per heavy atom. The van der Waals surface area contributed by atoms with Crippen molar-refractivity contribution in [2.75, 3.05) is 20.8 Å². The van der Waals surface area contributed by atoms with Gasteiger partial charge in [-0.25, -0.2) is 0 Å². The molecular formula is C37H43NO6. The highest BCUT2D eigenvalue weighted by molar-refractivity contribution is 5.62. The lowest BCUT2D eigenvalue weighted by atomic mass is 9.71. The molecule has 0 radical (unpaired) electrons. The van der Waals surface area contributed by atoms with Crippen molar-refractivity contribution in [1.29, 1.82) is 0 Å². The topological polar surface area (TPSA) is 82.3 Å². The number of aromatic nitrogens is 1. The molecule has 1 aromatic heterocycles. The molecule has 1 fully saturated rings. The van der Waals surface area contributed by atoms with E-state index in [9.17, 15) is 10.2 Å². The average molecular weight is 598 g/mol. The van der Waals surface area contributed by atoms with E-state index in [2.05, 4.69) is 29.1 Å². The summed E-state index contributed by atoms with van der Waals surface area (Å²) in [4.78, 5) is 0. The summed E-state index contributed by atoms with van der Waals surface area (Å²) in [5.74, 6) is 1.84. The molecule has 7 heteroatoms. The molecule has 1 saturated carbocycles. The van der Waals surface area contributed by atoms with Crippen molar-refractivity contribution in [3.63, 3.8) is 0 Å². The van der Waals surface area contributed by atoms with Gasteiger partial charge in [-0.2, -0.15) is 0 Å². The van der Waals surface area contributed by atoms with Crippen molar-refractivity contribution in [2.24, 2.45) is 0 Å². The minimum absolute atomic E-state index is 0.319. The van der Waals surface area contributed by atoms with Crippen LogP contribution in [0.5, 0.6) is 23.0 Å². The van der Waals surface area contributed by atoms with Crippen molar-refractivity contribution in [3.05, 3.63) is 108 Å². The predicted octanol–water partition coefficient (Wildman–Crippen LogP) is 6.95. The summed E-state index contributed by atoms with van der Waals surface area (Å²) in [6.45, 7) is 1.75. The lowest BCUT2D eigenvalue weighted by Gasteiger charge is -2.40. The first-order chi connectivity index (χ1) is 21.5. The molecule has 232 valence electrons. The van der Waals surface area contributed by atoms with Crippen LogP contribution in [0.4, 0.5) is 0 Å². The van der Waals surface area contributed by atoms with Crippen LogP contribution < -0.4 is 18.9 Å². The molecular weight excluding hydrogens is 554 g/mol. The normalized spacial score (nSPS) is 23.5. The fraction of sp³-hybridized carbons (Fsp3) is 0.405. The third kappa shape index (κ3) is 5.33. The van der Waals surface area contributed by atoms with Gasteiger partial charge in [0.25, 0.3) is 0 Å². The molecule has 3 aromatic carbocycles. The second kappa shape index (κ2) is 13.0. The highest BCUT2D eigenvalue weighted by atomic mass is 16.5. The van der Waals surface area contributed by atoms with Crippen LogP contribution in [-0.4, -0.2) is 41.7 Å². The molecule has 0 amide bonds. The quantitative estimate of drug-likeness (QED) is 0.153. The molecule has 0 unspecified atom stereocenters. The van der Waals surface area contributed by atoms with Gasteiger partial charge in [0.05, 0.1) is 32.5 Å². The highest BCUT2D eigenvalue weighted by Crippen LogP contribution is 2.68. The van der Waals surface area contributed by atoms with Crippen LogP contribution in [-0.2, 0) is 17.7 Å². The minimum Gasteiger partial charge on any atom is -0.496 e. The minimum atomic E-state index is -1.76. The molecule has 2 N–H and O–H groups in total. The number of aliphatic hydroxyl groups is 2. The maximum Gasteiger partial charge on any atom is 0.176 e. The third-order valence-electron chi connectivity index (χ3n) is 9.38. The Labute approximate surface area is 260 Å². The monoisotopic (exact) mass is 597 g/mol. The molecule has 0 bridgehead atoms. The standard InChI is InChI=1S/C37H43NO6/c1-41-30-24-32(42-2)35-33(25-30)44-37(31(26-34(39)36(35,37)40)27-14-8-7-9-15-27)28-16-18-29(19-17-28)43-23-13-6-4-3-5-10-20-38-21-11-12-22-38/h7-9,11-12,14-19,21-22,24-25,31,34,39-40H,3-6,10,13,20,23,26H2,1-2H3/t31-,34+,36+,37-/m0/s1. The molecule has 44 heavy (non-hydrogen) atoms. The predicted molar refractivity (Wildman–Crippen MR) is 170 cm³/mol. The van der Waals surface area contributed by atoms with Gasteiger partial charge in [-0.1, -0.05) is 68.1 Å². The van der Waals surface area contributed by atoms with E-state index in [1.165, 1.54) is 25.7 Å². The average Bonchev–Trinajstić information content (AvgIpc) is 3.73. The number of fused-ring (bicyclic) bond motifs is 3. The Bertz CT molecular complexity index is 1510. The van der Waals surface area contributed by atoms with Gasteiger partial charge in [0, 0.05) is 37.0 Å². The largest absolute Gasteiger partial charge is 0.496 e. The zero-order chi connectivity index (χ0) is 30.6. The maximum atomic E-state index is 12.6. The molecule has 2 aliphatic rings. The molecule has 2 heterocycles. The van der Waals surface area contributed by atoms with Crippen LogP contribution in [0, 0.1) is 0 Å². The van der Waals surface area contributed by atoms with Gasteiger partial charge < -0.3 is 33.7 Å². The third-order valence-corrected chi connectivity index (χ3v) is 9.38. The second-order valence-electron chi connectivity index (χ2n) is 11.9. The number of hydrogen-bond acceptors (Lipinski definition) is 6. The zero-order valence-corrected chi connectivity index (χ0v) is 25.7. The molecule has 1 aliphatic carbocycles. The fourth-order valence-electron chi connectivity index (χ4n) is 7.20. The molecule has 4 atom stereocenters. The number of unbranched alkanes of at least 4 members (excludes halogenated alkanes) is 5. The number of aliphatic hydroxyl groups excluding tert-OH is 1. The van der Waals surface area contributed by atoms with Crippen LogP contribution >= 0.6 is 0 Å². The zero-order valence-electron chi connectivity index (χ0n) is 25.7. The van der Waals surface area contributed by atoms with E-state index in [0.29, 0.717) is 35.8 Å². The Balaban J connectivity index is 1.17. The van der Waals surface area contributed by atoms with Gasteiger partial charge in [0.1, 0.15) is 23.0 Å². The Hall–Kier alpha value is -3.94. The van der Waals surface area contributed by atoms with Crippen molar-refractivity contribution in [1.82, 2.24) is 4.57 Å². The highest BCUT2D eigenvalue weighted by Gasteiger charge is 2.73. The van der Waals surface area contributed by atoms with Gasteiger partial charge in [-0.3, -0.25) is 0 Å². The van der Waals surface area contributed by atoms with E-state index in [1.54, 1.807) is 26.4 Å². The van der Waals surface area contributed by atoms with Crippen molar-refractivity contribution < 1.29 is 29.2 Å². The molecule has 1 aliphatic heterocycles. The van der Waals surface area contributed by atoms with Crippen molar-refractivity contribution >= 4 is 0 Å². The first-order valence-corrected chi connectivity index (χ1v) is 15.8. The van der Waals surface area contributed by atoms with Gasteiger partial charge in [-0.15, -0.1) is 0 Å². The number of benzene rings is 3. The Morgan fingerprint density at radius 3 is 2.23 bits per heavy atom. The summed E-state index contributed by atoms with van der Waals surface area (Å²) in [5.41, 5.74) is -0.877. The summed E-state index contributed by atoms with van der Waals surface area (Å²) >= 11 is 0. The summed E-state index contributed by atoms with van der Waals surface area (Å²) < 4.78 is 26.4. The van der Waals surface area contributed by atoms with E-state index in [4.69, 9.17) is 18.9 Å².